The Morgan fingerprint density at radius 3 is 2.48 bits per heavy atom. The monoisotopic (exact) mass is 522 g/mol. The van der Waals surface area contributed by atoms with Gasteiger partial charge in [0.25, 0.3) is 0 Å². The predicted octanol–water partition coefficient (Wildman–Crippen LogP) is 3.88. The van der Waals surface area contributed by atoms with Gasteiger partial charge in [0.15, 0.2) is 5.96 Å². The van der Waals surface area contributed by atoms with Crippen molar-refractivity contribution < 1.29 is 13.2 Å². The van der Waals surface area contributed by atoms with Crippen molar-refractivity contribution in [2.45, 2.75) is 25.9 Å². The summed E-state index contributed by atoms with van der Waals surface area (Å²) in [5.74, 6) is 0.863. The van der Waals surface area contributed by atoms with E-state index < -0.39 is 11.9 Å². The van der Waals surface area contributed by atoms with Crippen LogP contribution in [0.3, 0.4) is 0 Å². The van der Waals surface area contributed by atoms with Crippen molar-refractivity contribution in [1.29, 1.82) is 0 Å². The fourth-order valence-corrected chi connectivity index (χ4v) is 2.41. The number of hydrogen-bond donors (Lipinski definition) is 3. The van der Waals surface area contributed by atoms with E-state index in [1.807, 2.05) is 25.1 Å². The topological polar surface area (TPSA) is 74.2 Å². The molecule has 0 radical (unpaired) electrons. The number of benzene rings is 1. The van der Waals surface area contributed by atoms with Crippen molar-refractivity contribution in [3.8, 4) is 0 Å². The van der Waals surface area contributed by atoms with E-state index >= 15 is 0 Å². The number of aliphatic imine (C=N–C) groups is 1. The van der Waals surface area contributed by atoms with Gasteiger partial charge in [0.05, 0.1) is 0 Å². The Morgan fingerprint density at radius 1 is 1.10 bits per heavy atom. The molecule has 10 heteroatoms. The molecule has 0 saturated heterocycles. The van der Waals surface area contributed by atoms with E-state index in [0.717, 1.165) is 12.3 Å². The normalized spacial score (nSPS) is 12.7. The average Bonchev–Trinajstić information content (AvgIpc) is 2.69. The van der Waals surface area contributed by atoms with E-state index in [1.54, 1.807) is 0 Å². The third-order valence-electron chi connectivity index (χ3n) is 3.88. The lowest BCUT2D eigenvalue weighted by atomic mass is 10.0. The molecule has 29 heavy (non-hydrogen) atoms. The highest BCUT2D eigenvalue weighted by atomic mass is 127. The van der Waals surface area contributed by atoms with Crippen LogP contribution in [0.1, 0.15) is 31.0 Å². The lowest BCUT2D eigenvalue weighted by molar-refractivity contribution is -0.141. The highest BCUT2D eigenvalue weighted by molar-refractivity contribution is 14.0. The molecule has 0 spiro atoms. The fraction of sp³-hybridized carbons (Fsp3) is 0.421. The van der Waals surface area contributed by atoms with E-state index in [9.17, 15) is 13.2 Å². The van der Waals surface area contributed by atoms with Crippen molar-refractivity contribution in [1.82, 2.24) is 20.6 Å². The van der Waals surface area contributed by atoms with E-state index in [2.05, 4.69) is 50.0 Å². The maximum atomic E-state index is 12.7. The zero-order chi connectivity index (χ0) is 20.4. The fourth-order valence-electron chi connectivity index (χ4n) is 2.41. The molecule has 1 unspecified atom stereocenters. The minimum atomic E-state index is -4.49. The number of alkyl halides is 3. The predicted molar refractivity (Wildman–Crippen MR) is 120 cm³/mol. The lowest BCUT2D eigenvalue weighted by Gasteiger charge is -2.14. The molecule has 3 N–H and O–H groups in total. The maximum Gasteiger partial charge on any atom is 0.433 e. The number of hydrogen-bond acceptors (Lipinski definition) is 4. The molecule has 0 bridgehead atoms. The zero-order valence-electron chi connectivity index (χ0n) is 16.3. The van der Waals surface area contributed by atoms with E-state index in [1.165, 1.54) is 5.56 Å². The van der Waals surface area contributed by atoms with Gasteiger partial charge in [-0.15, -0.1) is 24.0 Å². The van der Waals surface area contributed by atoms with Crippen LogP contribution in [0.25, 0.3) is 0 Å². The standard InChI is InChI=1S/C19H25F3N6.HI/c1-3-23-17(27-13-14(2)15-7-5-4-6-8-15)25-11-12-26-18-24-10-9-16(28-18)19(20,21)22;/h4-10,14H,3,11-13H2,1-2H3,(H2,23,25,27)(H,24,26,28);1H. The van der Waals surface area contributed by atoms with Crippen LogP contribution in [0.2, 0.25) is 0 Å². The van der Waals surface area contributed by atoms with Crippen LogP contribution < -0.4 is 16.0 Å². The van der Waals surface area contributed by atoms with Gasteiger partial charge < -0.3 is 16.0 Å². The second kappa shape index (κ2) is 12.5. The molecule has 1 heterocycles. The van der Waals surface area contributed by atoms with Crippen LogP contribution in [-0.2, 0) is 6.18 Å². The van der Waals surface area contributed by atoms with Gasteiger partial charge in [-0.25, -0.2) is 9.97 Å². The number of nitrogens with zero attached hydrogens (tertiary/aromatic N) is 3. The van der Waals surface area contributed by atoms with Gasteiger partial charge in [-0.3, -0.25) is 4.99 Å². The minimum Gasteiger partial charge on any atom is -0.357 e. The molecule has 0 saturated carbocycles. The van der Waals surface area contributed by atoms with Crippen LogP contribution in [0.15, 0.2) is 47.6 Å². The number of aromatic nitrogens is 2. The molecule has 0 amide bonds. The van der Waals surface area contributed by atoms with Crippen LogP contribution >= 0.6 is 24.0 Å². The van der Waals surface area contributed by atoms with Crippen molar-refractivity contribution in [2.24, 2.45) is 4.99 Å². The first-order valence-electron chi connectivity index (χ1n) is 9.11. The molecular formula is C19H26F3IN6. The molecule has 2 rings (SSSR count). The third-order valence-corrected chi connectivity index (χ3v) is 3.88. The van der Waals surface area contributed by atoms with Crippen molar-refractivity contribution in [2.75, 3.05) is 31.5 Å². The van der Waals surface area contributed by atoms with Gasteiger partial charge in [-0.1, -0.05) is 37.3 Å². The summed E-state index contributed by atoms with van der Waals surface area (Å²) in [5.41, 5.74) is 0.244. The SMILES string of the molecule is CCNC(=NCC(C)c1ccccc1)NCCNc1nccc(C(F)(F)F)n1.I. The van der Waals surface area contributed by atoms with Crippen LogP contribution in [0.4, 0.5) is 19.1 Å². The van der Waals surface area contributed by atoms with Crippen molar-refractivity contribution >= 4 is 35.9 Å². The molecule has 1 aromatic heterocycles. The Morgan fingerprint density at radius 2 is 1.83 bits per heavy atom. The number of nitrogens with one attached hydrogen (secondary N) is 3. The largest absolute Gasteiger partial charge is 0.433 e. The first-order chi connectivity index (χ1) is 13.4. The maximum absolute atomic E-state index is 12.7. The molecule has 1 aromatic carbocycles. The summed E-state index contributed by atoms with van der Waals surface area (Å²) in [7, 11) is 0. The number of rotatable bonds is 8. The summed E-state index contributed by atoms with van der Waals surface area (Å²) >= 11 is 0. The molecule has 0 fully saturated rings. The van der Waals surface area contributed by atoms with E-state index in [0.29, 0.717) is 32.1 Å². The highest BCUT2D eigenvalue weighted by Crippen LogP contribution is 2.27. The summed E-state index contributed by atoms with van der Waals surface area (Å²) < 4.78 is 38.0. The van der Waals surface area contributed by atoms with Gasteiger partial charge in [0.1, 0.15) is 5.69 Å². The quantitative estimate of drug-likeness (QED) is 0.213. The van der Waals surface area contributed by atoms with E-state index in [4.69, 9.17) is 0 Å². The second-order valence-corrected chi connectivity index (χ2v) is 6.15. The third kappa shape index (κ3) is 8.84. The molecule has 6 nitrogen and oxygen atoms in total. The second-order valence-electron chi connectivity index (χ2n) is 6.15. The lowest BCUT2D eigenvalue weighted by Crippen LogP contribution is -2.39. The summed E-state index contributed by atoms with van der Waals surface area (Å²) in [4.78, 5) is 11.8. The number of halogens is 4. The Kier molecular flexibility index (Phi) is 10.7. The van der Waals surface area contributed by atoms with Crippen molar-refractivity contribution in [3.05, 3.63) is 53.9 Å². The Hall–Kier alpha value is -2.11. The minimum absolute atomic E-state index is 0. The molecular weight excluding hydrogens is 496 g/mol. The first kappa shape index (κ1) is 24.9. The van der Waals surface area contributed by atoms with Gasteiger partial charge in [0.2, 0.25) is 5.95 Å². The molecule has 0 aliphatic heterocycles. The molecule has 1 atom stereocenters. The van der Waals surface area contributed by atoms with E-state index in [-0.39, 0.29) is 35.8 Å². The Bertz CT molecular complexity index is 755. The van der Waals surface area contributed by atoms with Crippen LogP contribution in [0.5, 0.6) is 0 Å². The van der Waals surface area contributed by atoms with Crippen LogP contribution in [0, 0.1) is 0 Å². The zero-order valence-corrected chi connectivity index (χ0v) is 18.7. The molecule has 0 aliphatic rings. The van der Waals surface area contributed by atoms with Crippen molar-refractivity contribution in [3.63, 3.8) is 0 Å². The smallest absolute Gasteiger partial charge is 0.357 e. The first-order valence-corrected chi connectivity index (χ1v) is 9.11. The Balaban J connectivity index is 0.00000420. The molecule has 0 aliphatic carbocycles. The average molecular weight is 522 g/mol. The number of guanidine groups is 1. The highest BCUT2D eigenvalue weighted by Gasteiger charge is 2.32. The van der Waals surface area contributed by atoms with Gasteiger partial charge >= 0.3 is 6.18 Å². The number of anilines is 1. The van der Waals surface area contributed by atoms with Gasteiger partial charge in [-0.05, 0) is 18.6 Å². The summed E-state index contributed by atoms with van der Waals surface area (Å²) in [6.45, 7) is 6.19. The van der Waals surface area contributed by atoms with Gasteiger partial charge in [-0.2, -0.15) is 13.2 Å². The van der Waals surface area contributed by atoms with Crippen LogP contribution in [-0.4, -0.2) is 42.1 Å². The summed E-state index contributed by atoms with van der Waals surface area (Å²) in [6.07, 6.45) is -3.40. The van der Waals surface area contributed by atoms with Gasteiger partial charge in [0, 0.05) is 38.3 Å². The molecule has 160 valence electrons. The summed E-state index contributed by atoms with van der Waals surface area (Å²) in [6, 6.07) is 11.0. The summed E-state index contributed by atoms with van der Waals surface area (Å²) in [5, 5.41) is 9.07. The Labute approximate surface area is 185 Å². The molecule has 2 aromatic rings.